The lowest BCUT2D eigenvalue weighted by molar-refractivity contribution is 0.102. The second-order valence-electron chi connectivity index (χ2n) is 9.91. The van der Waals surface area contributed by atoms with Crippen molar-refractivity contribution < 1.29 is 14.3 Å². The molecule has 6 rings (SSSR count). The third-order valence-corrected chi connectivity index (χ3v) is 7.72. The number of pyridine rings is 1. The van der Waals surface area contributed by atoms with Crippen LogP contribution in [0.25, 0.3) is 11.0 Å². The van der Waals surface area contributed by atoms with E-state index in [1.807, 2.05) is 48.0 Å². The maximum absolute atomic E-state index is 12.9. The molecule has 0 saturated carbocycles. The molecule has 41 heavy (non-hydrogen) atoms. The van der Waals surface area contributed by atoms with Crippen molar-refractivity contribution in [2.75, 3.05) is 30.8 Å². The number of anilines is 2. The van der Waals surface area contributed by atoms with Gasteiger partial charge in [0.15, 0.2) is 16.6 Å². The van der Waals surface area contributed by atoms with Crippen LogP contribution in [0.15, 0.2) is 67.0 Å². The minimum Gasteiger partial charge on any atom is -0.497 e. The van der Waals surface area contributed by atoms with Gasteiger partial charge in [0.2, 0.25) is 0 Å². The predicted octanol–water partition coefficient (Wildman–Crippen LogP) is 5.46. The van der Waals surface area contributed by atoms with Crippen LogP contribution in [0.1, 0.15) is 33.6 Å². The Bertz CT molecular complexity index is 1660. The fourth-order valence-electron chi connectivity index (χ4n) is 4.85. The number of methoxy groups -OCH3 is 1. The van der Waals surface area contributed by atoms with E-state index in [0.29, 0.717) is 34.4 Å². The third-order valence-electron chi connectivity index (χ3n) is 6.89. The zero-order valence-electron chi connectivity index (χ0n) is 22.9. The third kappa shape index (κ3) is 6.16. The van der Waals surface area contributed by atoms with Gasteiger partial charge in [-0.1, -0.05) is 18.2 Å². The van der Waals surface area contributed by atoms with E-state index in [1.54, 1.807) is 37.7 Å². The van der Waals surface area contributed by atoms with Gasteiger partial charge in [0.05, 0.1) is 13.7 Å². The molecule has 0 bridgehead atoms. The van der Waals surface area contributed by atoms with Gasteiger partial charge in [-0.2, -0.15) is 5.10 Å². The molecule has 0 radical (unpaired) electrons. The number of piperidine rings is 1. The van der Waals surface area contributed by atoms with Crippen molar-refractivity contribution >= 4 is 39.2 Å². The minimum atomic E-state index is -0.246. The smallest absolute Gasteiger partial charge is 0.257 e. The number of hydrogen-bond donors (Lipinski definition) is 3. The maximum atomic E-state index is 12.9. The second kappa shape index (κ2) is 11.9. The lowest BCUT2D eigenvalue weighted by atomic mass is 10.1. The summed E-state index contributed by atoms with van der Waals surface area (Å²) in [6.07, 6.45) is 5.60. The molecule has 3 aromatic heterocycles. The van der Waals surface area contributed by atoms with Crippen LogP contribution in [-0.4, -0.2) is 51.9 Å². The first-order valence-electron chi connectivity index (χ1n) is 13.5. The zero-order chi connectivity index (χ0) is 28.2. The van der Waals surface area contributed by atoms with E-state index in [9.17, 15) is 4.79 Å². The Morgan fingerprint density at radius 3 is 2.78 bits per heavy atom. The van der Waals surface area contributed by atoms with E-state index in [-0.39, 0.29) is 11.9 Å². The zero-order valence-corrected chi connectivity index (χ0v) is 23.7. The summed E-state index contributed by atoms with van der Waals surface area (Å²) in [5, 5.41) is 16.2. The quantitative estimate of drug-likeness (QED) is 0.214. The summed E-state index contributed by atoms with van der Waals surface area (Å²) >= 11 is 1.43. The number of thiazole rings is 1. The molecular weight excluding hydrogens is 538 g/mol. The molecule has 4 heterocycles. The van der Waals surface area contributed by atoms with E-state index in [0.717, 1.165) is 53.3 Å². The summed E-state index contributed by atoms with van der Waals surface area (Å²) in [7, 11) is 1.66. The van der Waals surface area contributed by atoms with E-state index in [1.165, 1.54) is 11.3 Å². The van der Waals surface area contributed by atoms with Gasteiger partial charge in [0.25, 0.3) is 5.91 Å². The molecule has 3 N–H and O–H groups in total. The van der Waals surface area contributed by atoms with Crippen LogP contribution in [0, 0.1) is 6.92 Å². The Kier molecular flexibility index (Phi) is 7.79. The minimum absolute atomic E-state index is 0.242. The SMILES string of the molecule is COc1ccc(Cn2nc(NC3CCCNC3)c3c(Oc4cccc(C(=O)Nc5ncc(C)s5)c4)ccnc32)cc1. The second-order valence-corrected chi connectivity index (χ2v) is 11.1. The van der Waals surface area contributed by atoms with E-state index in [4.69, 9.17) is 19.6 Å². The fraction of sp³-hybridized carbons (Fsp3) is 0.267. The fourth-order valence-corrected chi connectivity index (χ4v) is 5.51. The highest BCUT2D eigenvalue weighted by Gasteiger charge is 2.21. The highest BCUT2D eigenvalue weighted by atomic mass is 32.1. The highest BCUT2D eigenvalue weighted by Crippen LogP contribution is 2.35. The van der Waals surface area contributed by atoms with Gasteiger partial charge in [-0.05, 0) is 62.2 Å². The number of ether oxygens (including phenoxy) is 2. The van der Waals surface area contributed by atoms with Crippen LogP contribution in [0.4, 0.5) is 10.9 Å². The highest BCUT2D eigenvalue weighted by molar-refractivity contribution is 7.15. The number of aromatic nitrogens is 4. The van der Waals surface area contributed by atoms with Gasteiger partial charge in [-0.15, -0.1) is 11.3 Å². The van der Waals surface area contributed by atoms with E-state index >= 15 is 0 Å². The van der Waals surface area contributed by atoms with Crippen LogP contribution < -0.4 is 25.4 Å². The number of carbonyl (C=O) groups is 1. The van der Waals surface area contributed by atoms with Crippen LogP contribution in [0.5, 0.6) is 17.2 Å². The van der Waals surface area contributed by atoms with Crippen LogP contribution in [-0.2, 0) is 6.54 Å². The number of fused-ring (bicyclic) bond motifs is 1. The molecule has 210 valence electrons. The Hall–Kier alpha value is -4.48. The number of rotatable bonds is 9. The molecule has 2 aromatic carbocycles. The topological polar surface area (TPSA) is 115 Å². The first-order chi connectivity index (χ1) is 20.1. The summed E-state index contributed by atoms with van der Waals surface area (Å²) in [5.74, 6) is 2.42. The molecule has 1 aliphatic rings. The molecule has 1 amide bonds. The summed E-state index contributed by atoms with van der Waals surface area (Å²) in [4.78, 5) is 22.8. The number of nitrogens with zero attached hydrogens (tertiary/aromatic N) is 4. The standard InChI is InChI=1S/C30H31N7O3S/c1-19-16-33-30(41-19)35-29(38)21-5-3-7-24(15-21)40-25-12-14-32-28-26(25)27(34-22-6-4-13-31-17-22)36-37(28)18-20-8-10-23(39-2)11-9-20/h3,5,7-12,14-16,22,31H,4,6,13,17-18H2,1-2H3,(H,34,36)(H,33,35,38). The van der Waals surface area contributed by atoms with E-state index in [2.05, 4.69) is 20.9 Å². The van der Waals surface area contributed by atoms with Gasteiger partial charge in [0, 0.05) is 41.5 Å². The first kappa shape index (κ1) is 26.7. The van der Waals surface area contributed by atoms with Crippen LogP contribution in [0.2, 0.25) is 0 Å². The Balaban J connectivity index is 1.31. The van der Waals surface area contributed by atoms with Gasteiger partial charge >= 0.3 is 0 Å². The van der Waals surface area contributed by atoms with Crippen molar-refractivity contribution in [3.8, 4) is 17.2 Å². The molecule has 0 aliphatic carbocycles. The molecular formula is C30H31N7O3S. The van der Waals surface area contributed by atoms with Gasteiger partial charge in [0.1, 0.15) is 22.6 Å². The lowest BCUT2D eigenvalue weighted by Crippen LogP contribution is -2.38. The van der Waals surface area contributed by atoms with Crippen molar-refractivity contribution in [3.63, 3.8) is 0 Å². The molecule has 1 fully saturated rings. The Labute approximate surface area is 241 Å². The average molecular weight is 570 g/mol. The summed E-state index contributed by atoms with van der Waals surface area (Å²) < 4.78 is 13.6. The van der Waals surface area contributed by atoms with Gasteiger partial charge in [-0.3, -0.25) is 10.1 Å². The number of benzene rings is 2. The van der Waals surface area contributed by atoms with Crippen LogP contribution in [0.3, 0.4) is 0 Å². The molecule has 10 nitrogen and oxygen atoms in total. The molecule has 5 aromatic rings. The number of aryl methyl sites for hydroxylation is 1. The number of amides is 1. The van der Waals surface area contributed by atoms with Crippen molar-refractivity contribution in [1.29, 1.82) is 0 Å². The molecule has 1 unspecified atom stereocenters. The number of hydrogen-bond acceptors (Lipinski definition) is 9. The summed E-state index contributed by atoms with van der Waals surface area (Å²) in [6, 6.07) is 17.1. The van der Waals surface area contributed by atoms with Gasteiger partial charge < -0.3 is 20.1 Å². The van der Waals surface area contributed by atoms with Crippen molar-refractivity contribution in [1.82, 2.24) is 25.1 Å². The summed E-state index contributed by atoms with van der Waals surface area (Å²) in [6.45, 7) is 4.36. The normalized spacial score (nSPS) is 15.0. The number of carbonyl (C=O) groups excluding carboxylic acids is 1. The van der Waals surface area contributed by atoms with Crippen LogP contribution >= 0.6 is 11.3 Å². The van der Waals surface area contributed by atoms with Crippen molar-refractivity contribution in [2.24, 2.45) is 0 Å². The first-order valence-corrected chi connectivity index (χ1v) is 14.3. The predicted molar refractivity (Wildman–Crippen MR) is 160 cm³/mol. The molecule has 1 atom stereocenters. The Morgan fingerprint density at radius 1 is 1.15 bits per heavy atom. The lowest BCUT2D eigenvalue weighted by Gasteiger charge is -2.23. The monoisotopic (exact) mass is 569 g/mol. The molecule has 1 saturated heterocycles. The molecule has 11 heteroatoms. The van der Waals surface area contributed by atoms with Gasteiger partial charge in [-0.25, -0.2) is 14.6 Å². The van der Waals surface area contributed by atoms with Crippen molar-refractivity contribution in [2.45, 2.75) is 32.4 Å². The Morgan fingerprint density at radius 2 is 2.02 bits per heavy atom. The number of nitrogens with one attached hydrogen (secondary N) is 3. The summed E-state index contributed by atoms with van der Waals surface area (Å²) in [5.41, 5.74) is 2.25. The molecule has 1 aliphatic heterocycles. The van der Waals surface area contributed by atoms with E-state index < -0.39 is 0 Å². The molecule has 0 spiro atoms. The average Bonchev–Trinajstić information content (AvgIpc) is 3.57. The van der Waals surface area contributed by atoms with Crippen molar-refractivity contribution in [3.05, 3.63) is 83.0 Å². The largest absolute Gasteiger partial charge is 0.497 e. The maximum Gasteiger partial charge on any atom is 0.257 e.